The number of piperidine rings is 1. The maximum Gasteiger partial charge on any atom is 0.254 e. The lowest BCUT2D eigenvalue weighted by Crippen LogP contribution is -2.45. The van der Waals surface area contributed by atoms with Crippen molar-refractivity contribution in [1.82, 2.24) is 10.2 Å². The Labute approximate surface area is 125 Å². The van der Waals surface area contributed by atoms with Gasteiger partial charge < -0.3 is 10.4 Å². The van der Waals surface area contributed by atoms with Gasteiger partial charge in [0.15, 0.2) is 0 Å². The standard InChI is InChI=1S/C16H23FN2O2/c1-12-5-4-7-14(17)15(12)16(21)18-8-10-19-9-3-2-6-13(19)11-20/h4-5,7,13,20H,2-3,6,8-11H2,1H3,(H,18,21)/t13-/m1/s1. The highest BCUT2D eigenvalue weighted by Crippen LogP contribution is 2.16. The van der Waals surface area contributed by atoms with Gasteiger partial charge in [-0.25, -0.2) is 4.39 Å². The molecule has 0 aliphatic carbocycles. The molecule has 2 rings (SSSR count). The van der Waals surface area contributed by atoms with Gasteiger partial charge in [0.1, 0.15) is 5.82 Å². The van der Waals surface area contributed by atoms with Crippen LogP contribution in [0.25, 0.3) is 0 Å². The predicted molar refractivity (Wildman–Crippen MR) is 79.8 cm³/mol. The molecule has 21 heavy (non-hydrogen) atoms. The monoisotopic (exact) mass is 294 g/mol. The highest BCUT2D eigenvalue weighted by molar-refractivity contribution is 5.95. The van der Waals surface area contributed by atoms with E-state index in [2.05, 4.69) is 10.2 Å². The van der Waals surface area contributed by atoms with Gasteiger partial charge in [0.05, 0.1) is 12.2 Å². The SMILES string of the molecule is Cc1cccc(F)c1C(=O)NCCN1CCCC[C@@H]1CO. The van der Waals surface area contributed by atoms with E-state index in [1.807, 2.05) is 0 Å². The second-order valence-electron chi connectivity index (χ2n) is 5.56. The van der Waals surface area contributed by atoms with Crippen molar-refractivity contribution < 1.29 is 14.3 Å². The van der Waals surface area contributed by atoms with Crippen molar-refractivity contribution in [1.29, 1.82) is 0 Å². The zero-order chi connectivity index (χ0) is 15.2. The summed E-state index contributed by atoms with van der Waals surface area (Å²) in [4.78, 5) is 14.3. The summed E-state index contributed by atoms with van der Waals surface area (Å²) in [5, 5.41) is 12.1. The molecule has 0 unspecified atom stereocenters. The first-order valence-corrected chi connectivity index (χ1v) is 7.51. The third-order valence-corrected chi connectivity index (χ3v) is 4.09. The minimum Gasteiger partial charge on any atom is -0.395 e. The van der Waals surface area contributed by atoms with Crippen LogP contribution in [0.3, 0.4) is 0 Å². The highest BCUT2D eigenvalue weighted by atomic mass is 19.1. The summed E-state index contributed by atoms with van der Waals surface area (Å²) in [6, 6.07) is 4.81. The molecule has 0 bridgehead atoms. The molecule has 0 aromatic heterocycles. The van der Waals surface area contributed by atoms with Crippen LogP contribution >= 0.6 is 0 Å². The van der Waals surface area contributed by atoms with E-state index in [4.69, 9.17) is 0 Å². The lowest BCUT2D eigenvalue weighted by atomic mass is 10.0. The Kier molecular flexibility index (Phi) is 5.70. The molecule has 1 heterocycles. The van der Waals surface area contributed by atoms with Crippen molar-refractivity contribution in [2.24, 2.45) is 0 Å². The molecule has 1 atom stereocenters. The Bertz CT molecular complexity index is 473. The molecular weight excluding hydrogens is 271 g/mol. The molecule has 0 spiro atoms. The van der Waals surface area contributed by atoms with Crippen molar-refractivity contribution in [3.63, 3.8) is 0 Å². The molecule has 116 valence electrons. The summed E-state index contributed by atoms with van der Waals surface area (Å²) < 4.78 is 13.7. The summed E-state index contributed by atoms with van der Waals surface area (Å²) in [5.41, 5.74) is 0.758. The number of halogens is 1. The number of aryl methyl sites for hydroxylation is 1. The van der Waals surface area contributed by atoms with Gasteiger partial charge in [-0.15, -0.1) is 0 Å². The van der Waals surface area contributed by atoms with Gasteiger partial charge in [-0.2, -0.15) is 0 Å². The van der Waals surface area contributed by atoms with E-state index < -0.39 is 5.82 Å². The molecule has 1 aliphatic heterocycles. The Morgan fingerprint density at radius 3 is 3.00 bits per heavy atom. The smallest absolute Gasteiger partial charge is 0.254 e. The van der Waals surface area contributed by atoms with E-state index in [1.54, 1.807) is 19.1 Å². The van der Waals surface area contributed by atoms with E-state index in [0.29, 0.717) is 18.7 Å². The van der Waals surface area contributed by atoms with Crippen LogP contribution in [-0.4, -0.2) is 48.2 Å². The summed E-state index contributed by atoms with van der Waals surface area (Å²) in [5.74, 6) is -0.859. The quantitative estimate of drug-likeness (QED) is 0.869. The normalized spacial score (nSPS) is 19.5. The first-order valence-electron chi connectivity index (χ1n) is 7.51. The second-order valence-corrected chi connectivity index (χ2v) is 5.56. The van der Waals surface area contributed by atoms with Crippen LogP contribution < -0.4 is 5.32 Å². The number of hydrogen-bond donors (Lipinski definition) is 2. The molecule has 1 aliphatic rings. The average Bonchev–Trinajstić information content (AvgIpc) is 2.47. The molecule has 4 nitrogen and oxygen atoms in total. The summed E-state index contributed by atoms with van der Waals surface area (Å²) in [7, 11) is 0. The summed E-state index contributed by atoms with van der Waals surface area (Å²) in [6.45, 7) is 3.97. The van der Waals surface area contributed by atoms with Gasteiger partial charge in [-0.1, -0.05) is 18.6 Å². The molecule has 0 radical (unpaired) electrons. The molecule has 5 heteroatoms. The van der Waals surface area contributed by atoms with Gasteiger partial charge in [-0.3, -0.25) is 9.69 Å². The highest BCUT2D eigenvalue weighted by Gasteiger charge is 2.21. The fourth-order valence-corrected chi connectivity index (χ4v) is 2.88. The van der Waals surface area contributed by atoms with E-state index in [9.17, 15) is 14.3 Å². The molecule has 1 amide bonds. The van der Waals surface area contributed by atoms with Gasteiger partial charge in [-0.05, 0) is 37.9 Å². The maximum atomic E-state index is 13.7. The van der Waals surface area contributed by atoms with E-state index in [0.717, 1.165) is 25.8 Å². The van der Waals surface area contributed by atoms with Gasteiger partial charge in [0, 0.05) is 19.1 Å². The summed E-state index contributed by atoms with van der Waals surface area (Å²) in [6.07, 6.45) is 3.26. The number of nitrogens with one attached hydrogen (secondary N) is 1. The minimum absolute atomic E-state index is 0.120. The van der Waals surface area contributed by atoms with E-state index >= 15 is 0 Å². The number of hydrogen-bond acceptors (Lipinski definition) is 3. The summed E-state index contributed by atoms with van der Waals surface area (Å²) >= 11 is 0. The van der Waals surface area contributed by atoms with Gasteiger partial charge in [0.25, 0.3) is 5.91 Å². The van der Waals surface area contributed by atoms with Crippen LogP contribution in [-0.2, 0) is 0 Å². The number of amides is 1. The topological polar surface area (TPSA) is 52.6 Å². The molecule has 1 aromatic rings. The maximum absolute atomic E-state index is 13.7. The van der Waals surface area contributed by atoms with Crippen molar-refractivity contribution in [3.8, 4) is 0 Å². The van der Waals surface area contributed by atoms with Crippen LogP contribution in [0.2, 0.25) is 0 Å². The first-order chi connectivity index (χ1) is 10.1. The van der Waals surface area contributed by atoms with Crippen molar-refractivity contribution in [2.45, 2.75) is 32.2 Å². The number of nitrogens with zero attached hydrogens (tertiary/aromatic N) is 1. The fourth-order valence-electron chi connectivity index (χ4n) is 2.88. The lowest BCUT2D eigenvalue weighted by Gasteiger charge is -2.34. The average molecular weight is 294 g/mol. The van der Waals surface area contributed by atoms with Crippen LogP contribution in [0, 0.1) is 12.7 Å². The Balaban J connectivity index is 1.87. The molecule has 1 aromatic carbocycles. The van der Waals surface area contributed by atoms with Crippen molar-refractivity contribution in [3.05, 3.63) is 35.1 Å². The number of aliphatic hydroxyl groups excluding tert-OH is 1. The Morgan fingerprint density at radius 2 is 2.29 bits per heavy atom. The van der Waals surface area contributed by atoms with Crippen LogP contribution in [0.1, 0.15) is 35.2 Å². The van der Waals surface area contributed by atoms with Crippen molar-refractivity contribution >= 4 is 5.91 Å². The number of carbonyl (C=O) groups excluding carboxylic acids is 1. The zero-order valence-electron chi connectivity index (χ0n) is 12.4. The Hall–Kier alpha value is -1.46. The van der Waals surface area contributed by atoms with Crippen molar-refractivity contribution in [2.75, 3.05) is 26.2 Å². The number of benzene rings is 1. The Morgan fingerprint density at radius 1 is 1.48 bits per heavy atom. The second kappa shape index (κ2) is 7.52. The van der Waals surface area contributed by atoms with Gasteiger partial charge >= 0.3 is 0 Å². The largest absolute Gasteiger partial charge is 0.395 e. The molecular formula is C16H23FN2O2. The van der Waals surface area contributed by atoms with Crippen LogP contribution in [0.4, 0.5) is 4.39 Å². The van der Waals surface area contributed by atoms with E-state index in [-0.39, 0.29) is 24.1 Å². The number of rotatable bonds is 5. The lowest BCUT2D eigenvalue weighted by molar-refractivity contribution is 0.0847. The number of aliphatic hydroxyl groups is 1. The minimum atomic E-state index is -0.487. The van der Waals surface area contributed by atoms with Gasteiger partial charge in [0.2, 0.25) is 0 Å². The molecule has 1 fully saturated rings. The molecule has 0 saturated carbocycles. The third-order valence-electron chi connectivity index (χ3n) is 4.09. The fraction of sp³-hybridized carbons (Fsp3) is 0.562. The molecule has 1 saturated heterocycles. The van der Waals surface area contributed by atoms with Crippen LogP contribution in [0.15, 0.2) is 18.2 Å². The van der Waals surface area contributed by atoms with E-state index in [1.165, 1.54) is 6.07 Å². The number of carbonyl (C=O) groups is 1. The first kappa shape index (κ1) is 15.9. The van der Waals surface area contributed by atoms with Crippen LogP contribution in [0.5, 0.6) is 0 Å². The third kappa shape index (κ3) is 4.02. The zero-order valence-corrected chi connectivity index (χ0v) is 12.4. The molecule has 2 N–H and O–H groups in total. The predicted octanol–water partition coefficient (Wildman–Crippen LogP) is 1.71. The number of likely N-dealkylation sites (tertiary alicyclic amines) is 1.